The first kappa shape index (κ1) is 25.5. The molecule has 0 spiro atoms. The molecule has 0 aliphatic carbocycles. The minimum absolute atomic E-state index is 0.0345. The third-order valence-electron chi connectivity index (χ3n) is 4.64. The number of sulfonamides is 1. The molecule has 2 aromatic carbocycles. The fourth-order valence-corrected chi connectivity index (χ4v) is 4.46. The lowest BCUT2D eigenvalue weighted by atomic mass is 10.1. The molecule has 3 rings (SSSR count). The lowest BCUT2D eigenvalue weighted by molar-refractivity contribution is -0.138. The number of aryl methyl sites for hydroxylation is 2. The van der Waals surface area contributed by atoms with E-state index in [1.54, 1.807) is 36.4 Å². The molecule has 2 N–H and O–H groups in total. The summed E-state index contributed by atoms with van der Waals surface area (Å²) in [6.07, 6.45) is -1.22. The number of anilines is 3. The number of hydrogen-bond acceptors (Lipinski definition) is 6. The van der Waals surface area contributed by atoms with E-state index in [1.807, 2.05) is 0 Å². The van der Waals surface area contributed by atoms with Crippen molar-refractivity contribution in [2.24, 2.45) is 0 Å². The second kappa shape index (κ2) is 9.63. The standard InChI is InChI=1S/C22H23F3N4O3S2/c1-33(2,30)18-9-4-6-15(12-18)10-11-20-19(22(23,24)25)14-26-21(28-20)27-16-7-5-8-17(13-16)29-34(3,31)32/h4-9,12-14,29H,1,10-11H2,2-3H3,(H,26,27,28). The highest BCUT2D eigenvalue weighted by molar-refractivity contribution is 7.99. The maximum atomic E-state index is 13.6. The molecule has 1 heterocycles. The van der Waals surface area contributed by atoms with Crippen LogP contribution in [-0.4, -0.2) is 41.0 Å². The molecule has 34 heavy (non-hydrogen) atoms. The van der Waals surface area contributed by atoms with Gasteiger partial charge in [0.1, 0.15) is 0 Å². The van der Waals surface area contributed by atoms with E-state index in [0.29, 0.717) is 22.3 Å². The van der Waals surface area contributed by atoms with Crippen molar-refractivity contribution in [1.82, 2.24) is 9.97 Å². The third-order valence-corrected chi connectivity index (χ3v) is 6.50. The first-order valence-electron chi connectivity index (χ1n) is 9.90. The number of hydrogen-bond donors (Lipinski definition) is 2. The molecule has 0 fully saturated rings. The van der Waals surface area contributed by atoms with Gasteiger partial charge in [0.25, 0.3) is 0 Å². The van der Waals surface area contributed by atoms with Gasteiger partial charge in [0, 0.05) is 23.0 Å². The smallest absolute Gasteiger partial charge is 0.324 e. The summed E-state index contributed by atoms with van der Waals surface area (Å²) in [5.41, 5.74) is 0.222. The number of benzene rings is 2. The predicted octanol–water partition coefficient (Wildman–Crippen LogP) is 4.10. The Kier molecular flexibility index (Phi) is 7.22. The van der Waals surface area contributed by atoms with E-state index in [2.05, 4.69) is 25.9 Å². The molecule has 0 saturated carbocycles. The first-order valence-corrected chi connectivity index (χ1v) is 13.9. The van der Waals surface area contributed by atoms with E-state index in [0.717, 1.165) is 6.26 Å². The van der Waals surface area contributed by atoms with E-state index in [1.165, 1.54) is 18.4 Å². The summed E-state index contributed by atoms with van der Waals surface area (Å²) in [5.74, 6) is 3.57. The molecule has 0 saturated heterocycles. The average molecular weight is 513 g/mol. The molecule has 0 amide bonds. The van der Waals surface area contributed by atoms with Crippen molar-refractivity contribution in [3.63, 3.8) is 0 Å². The second-order valence-corrected chi connectivity index (χ2v) is 12.0. The fourth-order valence-electron chi connectivity index (χ4n) is 3.14. The van der Waals surface area contributed by atoms with Gasteiger partial charge in [-0.1, -0.05) is 18.2 Å². The summed E-state index contributed by atoms with van der Waals surface area (Å²) in [6, 6.07) is 12.9. The van der Waals surface area contributed by atoms with Crippen molar-refractivity contribution >= 4 is 42.7 Å². The van der Waals surface area contributed by atoms with E-state index in [9.17, 15) is 25.8 Å². The molecule has 1 unspecified atom stereocenters. The highest BCUT2D eigenvalue weighted by atomic mass is 32.2. The van der Waals surface area contributed by atoms with Crippen molar-refractivity contribution in [3.05, 3.63) is 71.5 Å². The molecular weight excluding hydrogens is 489 g/mol. The summed E-state index contributed by atoms with van der Waals surface area (Å²) in [7, 11) is -5.95. The van der Waals surface area contributed by atoms with Crippen LogP contribution in [0.5, 0.6) is 0 Å². The maximum absolute atomic E-state index is 13.6. The van der Waals surface area contributed by atoms with Crippen LogP contribution < -0.4 is 10.0 Å². The monoisotopic (exact) mass is 512 g/mol. The van der Waals surface area contributed by atoms with E-state index < -0.39 is 31.3 Å². The van der Waals surface area contributed by atoms with E-state index in [-0.39, 0.29) is 30.2 Å². The van der Waals surface area contributed by atoms with E-state index in [4.69, 9.17) is 0 Å². The third kappa shape index (κ3) is 7.19. The molecule has 0 aliphatic rings. The number of nitrogens with one attached hydrogen (secondary N) is 2. The van der Waals surface area contributed by atoms with Gasteiger partial charge in [-0.15, -0.1) is 0 Å². The predicted molar refractivity (Wildman–Crippen MR) is 129 cm³/mol. The van der Waals surface area contributed by atoms with Gasteiger partial charge < -0.3 is 5.32 Å². The van der Waals surface area contributed by atoms with Crippen LogP contribution in [0.1, 0.15) is 16.8 Å². The molecular formula is C22H23F3N4O3S2. The number of alkyl halides is 3. The first-order chi connectivity index (χ1) is 15.7. The van der Waals surface area contributed by atoms with Crippen molar-refractivity contribution in [1.29, 1.82) is 0 Å². The van der Waals surface area contributed by atoms with E-state index >= 15 is 0 Å². The molecule has 0 radical (unpaired) electrons. The summed E-state index contributed by atoms with van der Waals surface area (Å²) in [6.45, 7) is 0. The van der Waals surface area contributed by atoms with Gasteiger partial charge in [-0.25, -0.2) is 18.4 Å². The Labute approximate surface area is 196 Å². The summed E-state index contributed by atoms with van der Waals surface area (Å²) in [4.78, 5) is 8.38. The summed E-state index contributed by atoms with van der Waals surface area (Å²) in [5, 5.41) is 2.81. The highest BCUT2D eigenvalue weighted by Crippen LogP contribution is 2.32. The quantitative estimate of drug-likeness (QED) is 0.441. The molecule has 0 aliphatic heterocycles. The summed E-state index contributed by atoms with van der Waals surface area (Å²) < 4.78 is 78.0. The largest absolute Gasteiger partial charge is 0.419 e. The molecule has 3 aromatic rings. The van der Waals surface area contributed by atoms with Crippen LogP contribution in [-0.2, 0) is 38.6 Å². The lowest BCUT2D eigenvalue weighted by Gasteiger charge is -2.14. The van der Waals surface area contributed by atoms with Crippen LogP contribution in [0, 0.1) is 0 Å². The Morgan fingerprint density at radius 3 is 2.29 bits per heavy atom. The Bertz CT molecular complexity index is 1410. The van der Waals surface area contributed by atoms with Crippen molar-refractivity contribution in [2.75, 3.05) is 22.6 Å². The second-order valence-electron chi connectivity index (χ2n) is 7.78. The van der Waals surface area contributed by atoms with Crippen molar-refractivity contribution in [2.45, 2.75) is 23.9 Å². The SMILES string of the molecule is C=S(C)(=O)c1cccc(CCc2nc(Nc3cccc(NS(C)(=O)=O)c3)ncc2C(F)(F)F)c1. The van der Waals surface area contributed by atoms with Crippen LogP contribution in [0.25, 0.3) is 0 Å². The van der Waals surface area contributed by atoms with Crippen molar-refractivity contribution < 1.29 is 25.8 Å². The topological polar surface area (TPSA) is 101 Å². The lowest BCUT2D eigenvalue weighted by Crippen LogP contribution is -2.14. The van der Waals surface area contributed by atoms with Crippen LogP contribution in [0.4, 0.5) is 30.5 Å². The number of aromatic nitrogens is 2. The normalized spacial score (nSPS) is 13.8. The van der Waals surface area contributed by atoms with Crippen LogP contribution in [0.3, 0.4) is 0 Å². The number of rotatable bonds is 8. The number of halogens is 3. The zero-order valence-electron chi connectivity index (χ0n) is 18.4. The van der Waals surface area contributed by atoms with Gasteiger partial charge in [0.05, 0.1) is 23.2 Å². The Hall–Kier alpha value is -3.12. The van der Waals surface area contributed by atoms with Gasteiger partial charge in [-0.3, -0.25) is 8.93 Å². The summed E-state index contributed by atoms with van der Waals surface area (Å²) >= 11 is 0. The minimum atomic E-state index is -4.64. The van der Waals surface area contributed by atoms with Gasteiger partial charge >= 0.3 is 6.18 Å². The Balaban J connectivity index is 1.87. The maximum Gasteiger partial charge on any atom is 0.419 e. The zero-order chi connectivity index (χ0) is 25.1. The van der Waals surface area contributed by atoms with Gasteiger partial charge in [0.15, 0.2) is 0 Å². The number of nitrogens with zero attached hydrogens (tertiary/aromatic N) is 2. The fraction of sp³-hybridized carbons (Fsp3) is 0.227. The Morgan fingerprint density at radius 1 is 0.971 bits per heavy atom. The molecule has 182 valence electrons. The van der Waals surface area contributed by atoms with Gasteiger partial charge in [-0.2, -0.15) is 13.2 Å². The molecule has 7 nitrogen and oxygen atoms in total. The molecule has 1 atom stereocenters. The molecule has 1 aromatic heterocycles. The minimum Gasteiger partial charge on any atom is -0.324 e. The van der Waals surface area contributed by atoms with Gasteiger partial charge in [-0.05, 0) is 64.1 Å². The molecule has 0 bridgehead atoms. The van der Waals surface area contributed by atoms with Gasteiger partial charge in [0.2, 0.25) is 16.0 Å². The average Bonchev–Trinajstić information content (AvgIpc) is 2.70. The zero-order valence-corrected chi connectivity index (χ0v) is 20.0. The van der Waals surface area contributed by atoms with Crippen LogP contribution in [0.15, 0.2) is 59.6 Å². The Morgan fingerprint density at radius 2 is 1.65 bits per heavy atom. The highest BCUT2D eigenvalue weighted by Gasteiger charge is 2.34. The molecule has 12 heteroatoms. The van der Waals surface area contributed by atoms with Crippen molar-refractivity contribution in [3.8, 4) is 0 Å². The van der Waals surface area contributed by atoms with Crippen LogP contribution >= 0.6 is 0 Å². The van der Waals surface area contributed by atoms with Crippen LogP contribution in [0.2, 0.25) is 0 Å².